The molecule has 1 aliphatic rings. The third kappa shape index (κ3) is 6.38. The Morgan fingerprint density at radius 2 is 1.59 bits per heavy atom. The van der Waals surface area contributed by atoms with Gasteiger partial charge >= 0.3 is 5.97 Å². The fraction of sp³-hybridized carbons (Fsp3) is 0.409. The molecule has 0 unspecified atom stereocenters. The number of benzene rings is 2. The van der Waals surface area contributed by atoms with Gasteiger partial charge in [0.25, 0.3) is 0 Å². The van der Waals surface area contributed by atoms with Crippen LogP contribution in [0.2, 0.25) is 0 Å². The zero-order valence-corrected chi connectivity index (χ0v) is 16.0. The smallest absolute Gasteiger partial charge is 0.319 e. The summed E-state index contributed by atoms with van der Waals surface area (Å²) in [7, 11) is 1.44. The van der Waals surface area contributed by atoms with Gasteiger partial charge in [0.15, 0.2) is 0 Å². The second-order valence-corrected chi connectivity index (χ2v) is 6.90. The molecule has 5 nitrogen and oxygen atoms in total. The fourth-order valence-electron chi connectivity index (χ4n) is 3.28. The average Bonchev–Trinajstić information content (AvgIpc) is 2.93. The minimum absolute atomic E-state index is 0.158. The van der Waals surface area contributed by atoms with E-state index in [0.717, 1.165) is 44.9 Å². The molecular weight excluding hydrogens is 340 g/mol. The van der Waals surface area contributed by atoms with Gasteiger partial charge in [-0.15, -0.1) is 0 Å². The van der Waals surface area contributed by atoms with E-state index < -0.39 is 0 Å². The predicted molar refractivity (Wildman–Crippen MR) is 106 cm³/mol. The van der Waals surface area contributed by atoms with Gasteiger partial charge in [-0.3, -0.25) is 14.6 Å². The van der Waals surface area contributed by atoms with Gasteiger partial charge in [-0.25, -0.2) is 0 Å². The Morgan fingerprint density at radius 1 is 0.889 bits per heavy atom. The molecule has 2 aromatic carbocycles. The Labute approximate surface area is 161 Å². The number of hydrogen-bond donors (Lipinski definition) is 0. The van der Waals surface area contributed by atoms with E-state index in [0.29, 0.717) is 13.2 Å². The summed E-state index contributed by atoms with van der Waals surface area (Å²) in [5.74, 6) is 0.734. The van der Waals surface area contributed by atoms with Gasteiger partial charge in [-0.1, -0.05) is 42.5 Å². The molecule has 0 amide bonds. The Morgan fingerprint density at radius 3 is 2.33 bits per heavy atom. The van der Waals surface area contributed by atoms with Crippen LogP contribution in [0.25, 0.3) is 0 Å². The molecule has 144 valence electrons. The fourth-order valence-corrected chi connectivity index (χ4v) is 3.28. The SMILES string of the molecule is COC(=O)CN1CCCN(Cc2ccc(OCc3ccccc3)cc2)CC1. The van der Waals surface area contributed by atoms with Gasteiger partial charge in [0.1, 0.15) is 12.4 Å². The number of rotatable bonds is 7. The second kappa shape index (κ2) is 10.1. The molecule has 3 rings (SSSR count). The van der Waals surface area contributed by atoms with E-state index in [1.807, 2.05) is 30.3 Å². The van der Waals surface area contributed by atoms with Crippen LogP contribution < -0.4 is 4.74 Å². The summed E-state index contributed by atoms with van der Waals surface area (Å²) in [6.07, 6.45) is 1.06. The zero-order valence-electron chi connectivity index (χ0n) is 16.0. The molecule has 0 aromatic heterocycles. The van der Waals surface area contributed by atoms with Gasteiger partial charge < -0.3 is 9.47 Å². The molecule has 0 atom stereocenters. The number of ether oxygens (including phenoxy) is 2. The maximum atomic E-state index is 11.5. The molecule has 0 N–H and O–H groups in total. The minimum atomic E-state index is -0.158. The van der Waals surface area contributed by atoms with Crippen LogP contribution >= 0.6 is 0 Å². The average molecular weight is 368 g/mol. The van der Waals surface area contributed by atoms with E-state index in [9.17, 15) is 4.79 Å². The Bertz CT molecular complexity index is 703. The lowest BCUT2D eigenvalue weighted by molar-refractivity contribution is -0.141. The maximum Gasteiger partial charge on any atom is 0.319 e. The lowest BCUT2D eigenvalue weighted by Gasteiger charge is -2.21. The van der Waals surface area contributed by atoms with Crippen molar-refractivity contribution in [2.75, 3.05) is 39.8 Å². The van der Waals surface area contributed by atoms with Crippen molar-refractivity contribution < 1.29 is 14.3 Å². The van der Waals surface area contributed by atoms with E-state index in [4.69, 9.17) is 9.47 Å². The second-order valence-electron chi connectivity index (χ2n) is 6.90. The third-order valence-corrected chi connectivity index (χ3v) is 4.84. The summed E-state index contributed by atoms with van der Waals surface area (Å²) in [5.41, 5.74) is 2.45. The van der Waals surface area contributed by atoms with E-state index in [1.54, 1.807) is 0 Å². The zero-order chi connectivity index (χ0) is 18.9. The van der Waals surface area contributed by atoms with Crippen LogP contribution in [0.5, 0.6) is 5.75 Å². The largest absolute Gasteiger partial charge is 0.489 e. The molecular formula is C22H28N2O3. The summed E-state index contributed by atoms with van der Waals surface area (Å²) < 4.78 is 10.6. The van der Waals surface area contributed by atoms with E-state index >= 15 is 0 Å². The van der Waals surface area contributed by atoms with Crippen LogP contribution in [0.3, 0.4) is 0 Å². The van der Waals surface area contributed by atoms with Crippen LogP contribution in [-0.4, -0.2) is 55.6 Å². The van der Waals surface area contributed by atoms with E-state index in [2.05, 4.69) is 34.1 Å². The normalized spacial score (nSPS) is 15.9. The van der Waals surface area contributed by atoms with Gasteiger partial charge in [-0.2, -0.15) is 0 Å². The number of hydrogen-bond acceptors (Lipinski definition) is 5. The minimum Gasteiger partial charge on any atom is -0.489 e. The number of methoxy groups -OCH3 is 1. The Kier molecular flexibility index (Phi) is 7.25. The molecule has 1 saturated heterocycles. The molecule has 0 aliphatic carbocycles. The summed E-state index contributed by atoms with van der Waals surface area (Å²) in [6.45, 7) is 5.74. The standard InChI is InChI=1S/C22H28N2O3/c1-26-22(25)17-24-13-5-12-23(14-15-24)16-19-8-10-21(11-9-19)27-18-20-6-3-2-4-7-20/h2-4,6-11H,5,12-18H2,1H3. The van der Waals surface area contributed by atoms with Crippen LogP contribution in [0.4, 0.5) is 0 Å². The van der Waals surface area contributed by atoms with Crippen molar-refractivity contribution in [3.8, 4) is 5.75 Å². The lowest BCUT2D eigenvalue weighted by atomic mass is 10.2. The van der Waals surface area contributed by atoms with Gasteiger partial charge in [0.05, 0.1) is 13.7 Å². The molecule has 0 radical (unpaired) electrons. The first-order chi connectivity index (χ1) is 13.2. The van der Waals surface area contributed by atoms with Crippen molar-refractivity contribution in [2.45, 2.75) is 19.6 Å². The lowest BCUT2D eigenvalue weighted by Crippen LogP contribution is -2.34. The third-order valence-electron chi connectivity index (χ3n) is 4.84. The van der Waals surface area contributed by atoms with E-state index in [1.165, 1.54) is 18.2 Å². The van der Waals surface area contributed by atoms with Crippen molar-refractivity contribution in [1.82, 2.24) is 9.80 Å². The summed E-state index contributed by atoms with van der Waals surface area (Å²) in [5, 5.41) is 0. The Balaban J connectivity index is 1.46. The van der Waals surface area contributed by atoms with Crippen LogP contribution in [0.15, 0.2) is 54.6 Å². The molecule has 0 bridgehead atoms. The number of nitrogens with zero attached hydrogens (tertiary/aromatic N) is 2. The molecule has 0 spiro atoms. The van der Waals surface area contributed by atoms with E-state index in [-0.39, 0.29) is 5.97 Å². The number of esters is 1. The van der Waals surface area contributed by atoms with Crippen LogP contribution in [0, 0.1) is 0 Å². The highest BCUT2D eigenvalue weighted by molar-refractivity contribution is 5.71. The van der Waals surface area contributed by atoms with Crippen molar-refractivity contribution in [3.63, 3.8) is 0 Å². The predicted octanol–water partition coefficient (Wildman–Crippen LogP) is 2.95. The quantitative estimate of drug-likeness (QED) is 0.703. The number of carbonyl (C=O) groups is 1. The first-order valence-electron chi connectivity index (χ1n) is 9.50. The summed E-state index contributed by atoms with van der Waals surface area (Å²) in [4.78, 5) is 16.1. The molecule has 1 heterocycles. The van der Waals surface area contributed by atoms with Crippen molar-refractivity contribution in [3.05, 3.63) is 65.7 Å². The molecule has 5 heteroatoms. The monoisotopic (exact) mass is 368 g/mol. The van der Waals surface area contributed by atoms with Crippen LogP contribution in [-0.2, 0) is 22.7 Å². The summed E-state index contributed by atoms with van der Waals surface area (Å²) >= 11 is 0. The van der Waals surface area contributed by atoms with Crippen molar-refractivity contribution in [2.24, 2.45) is 0 Å². The molecule has 2 aromatic rings. The van der Waals surface area contributed by atoms with Crippen molar-refractivity contribution >= 4 is 5.97 Å². The molecule has 27 heavy (non-hydrogen) atoms. The Hall–Kier alpha value is -2.37. The molecule has 1 aliphatic heterocycles. The molecule has 1 fully saturated rings. The first kappa shape index (κ1) is 19.4. The van der Waals surface area contributed by atoms with Crippen LogP contribution in [0.1, 0.15) is 17.5 Å². The van der Waals surface area contributed by atoms with Gasteiger partial charge in [0.2, 0.25) is 0 Å². The van der Waals surface area contributed by atoms with Crippen molar-refractivity contribution in [1.29, 1.82) is 0 Å². The van der Waals surface area contributed by atoms with Gasteiger partial charge in [0, 0.05) is 26.2 Å². The topological polar surface area (TPSA) is 42.0 Å². The first-order valence-corrected chi connectivity index (χ1v) is 9.50. The number of carbonyl (C=O) groups excluding carboxylic acids is 1. The highest BCUT2D eigenvalue weighted by Crippen LogP contribution is 2.16. The van der Waals surface area contributed by atoms with Gasteiger partial charge in [-0.05, 0) is 36.2 Å². The summed E-state index contributed by atoms with van der Waals surface area (Å²) in [6, 6.07) is 18.5. The highest BCUT2D eigenvalue weighted by Gasteiger charge is 2.17. The highest BCUT2D eigenvalue weighted by atomic mass is 16.5. The molecule has 0 saturated carbocycles. The maximum absolute atomic E-state index is 11.5.